The molecule has 0 aliphatic carbocycles. The van der Waals surface area contributed by atoms with Crippen LogP contribution >= 0.6 is 0 Å². The summed E-state index contributed by atoms with van der Waals surface area (Å²) >= 11 is 0. The zero-order chi connectivity index (χ0) is 19.8. The van der Waals surface area contributed by atoms with E-state index in [4.69, 9.17) is 10.5 Å². The zero-order valence-electron chi connectivity index (χ0n) is 16.0. The van der Waals surface area contributed by atoms with Gasteiger partial charge >= 0.3 is 0 Å². The summed E-state index contributed by atoms with van der Waals surface area (Å²) in [6, 6.07) is 16.7. The number of benzene rings is 2. The van der Waals surface area contributed by atoms with Gasteiger partial charge in [0.1, 0.15) is 11.5 Å². The monoisotopic (exact) mass is 381 g/mol. The Labute approximate surface area is 165 Å². The van der Waals surface area contributed by atoms with Crippen LogP contribution < -0.4 is 15.8 Å². The van der Waals surface area contributed by atoms with Crippen LogP contribution in [0.4, 0.5) is 0 Å². The standard InChI is InChI=1S/C22H27N3O3/c23-13-12-21(26)24-16-18-8-4-5-14-25(18)22(27)17-7-6-11-20(15-17)28-19-9-2-1-3-10-19/h1-3,6-7,9-11,15,18H,4-5,8,12-14,16,23H2,(H,24,26). The maximum absolute atomic E-state index is 13.1. The molecule has 1 aliphatic heterocycles. The van der Waals surface area contributed by atoms with Crippen molar-refractivity contribution in [3.63, 3.8) is 0 Å². The van der Waals surface area contributed by atoms with Crippen LogP contribution in [-0.4, -0.2) is 42.4 Å². The van der Waals surface area contributed by atoms with E-state index in [9.17, 15) is 9.59 Å². The fourth-order valence-corrected chi connectivity index (χ4v) is 3.41. The molecule has 0 aromatic heterocycles. The molecule has 2 aromatic carbocycles. The van der Waals surface area contributed by atoms with Crippen LogP contribution in [0.5, 0.6) is 11.5 Å². The van der Waals surface area contributed by atoms with Crippen molar-refractivity contribution in [3.05, 3.63) is 60.2 Å². The maximum Gasteiger partial charge on any atom is 0.254 e. The first-order valence-electron chi connectivity index (χ1n) is 9.78. The highest BCUT2D eigenvalue weighted by molar-refractivity contribution is 5.95. The van der Waals surface area contributed by atoms with Crippen LogP contribution in [-0.2, 0) is 4.79 Å². The summed E-state index contributed by atoms with van der Waals surface area (Å²) in [4.78, 5) is 26.7. The number of nitrogens with zero attached hydrogens (tertiary/aromatic N) is 1. The molecule has 28 heavy (non-hydrogen) atoms. The first kappa shape index (κ1) is 19.9. The quantitative estimate of drug-likeness (QED) is 0.772. The number of ether oxygens (including phenoxy) is 1. The first-order chi connectivity index (χ1) is 13.7. The fraction of sp³-hybridized carbons (Fsp3) is 0.364. The topological polar surface area (TPSA) is 84.7 Å². The van der Waals surface area contributed by atoms with E-state index in [0.717, 1.165) is 25.0 Å². The van der Waals surface area contributed by atoms with Crippen molar-refractivity contribution in [2.24, 2.45) is 5.73 Å². The Morgan fingerprint density at radius 3 is 2.64 bits per heavy atom. The Balaban J connectivity index is 1.68. The summed E-state index contributed by atoms with van der Waals surface area (Å²) in [5.41, 5.74) is 6.01. The third-order valence-corrected chi connectivity index (χ3v) is 4.85. The second kappa shape index (κ2) is 9.90. The highest BCUT2D eigenvalue weighted by atomic mass is 16.5. The van der Waals surface area contributed by atoms with Crippen molar-refractivity contribution in [2.75, 3.05) is 19.6 Å². The van der Waals surface area contributed by atoms with Crippen molar-refractivity contribution in [3.8, 4) is 11.5 Å². The van der Waals surface area contributed by atoms with Crippen LogP contribution in [0.25, 0.3) is 0 Å². The first-order valence-corrected chi connectivity index (χ1v) is 9.78. The number of amides is 2. The second-order valence-electron chi connectivity index (χ2n) is 6.93. The van der Waals surface area contributed by atoms with Gasteiger partial charge in [-0.1, -0.05) is 24.3 Å². The molecular formula is C22H27N3O3. The van der Waals surface area contributed by atoms with Crippen LogP contribution in [0.1, 0.15) is 36.0 Å². The van der Waals surface area contributed by atoms with Crippen molar-refractivity contribution in [1.29, 1.82) is 0 Å². The molecule has 0 bridgehead atoms. The SMILES string of the molecule is NCCC(=O)NCC1CCCCN1C(=O)c1cccc(Oc2ccccc2)c1. The maximum atomic E-state index is 13.1. The molecule has 6 heteroatoms. The Morgan fingerprint density at radius 1 is 1.07 bits per heavy atom. The minimum absolute atomic E-state index is 0.00155. The molecule has 3 N–H and O–H groups in total. The lowest BCUT2D eigenvalue weighted by Gasteiger charge is -2.36. The molecule has 0 spiro atoms. The molecule has 0 radical (unpaired) electrons. The number of hydrogen-bond donors (Lipinski definition) is 2. The number of piperidine rings is 1. The van der Waals surface area contributed by atoms with Gasteiger partial charge in [-0.2, -0.15) is 0 Å². The van der Waals surface area contributed by atoms with Gasteiger partial charge in [0.25, 0.3) is 5.91 Å². The van der Waals surface area contributed by atoms with E-state index in [-0.39, 0.29) is 17.9 Å². The minimum atomic E-state index is -0.0706. The normalized spacial score (nSPS) is 16.5. The van der Waals surface area contributed by atoms with E-state index in [1.165, 1.54) is 0 Å². The summed E-state index contributed by atoms with van der Waals surface area (Å²) < 4.78 is 5.85. The summed E-state index contributed by atoms with van der Waals surface area (Å²) in [5.74, 6) is 1.25. The van der Waals surface area contributed by atoms with Crippen LogP contribution in [0.15, 0.2) is 54.6 Å². The highest BCUT2D eigenvalue weighted by Crippen LogP contribution is 2.24. The second-order valence-corrected chi connectivity index (χ2v) is 6.93. The predicted molar refractivity (Wildman–Crippen MR) is 108 cm³/mol. The molecule has 3 rings (SSSR count). The summed E-state index contributed by atoms with van der Waals surface area (Å²) in [6.07, 6.45) is 3.21. The van der Waals surface area contributed by atoms with Gasteiger partial charge in [0.2, 0.25) is 5.91 Å². The predicted octanol–water partition coefficient (Wildman–Crippen LogP) is 2.94. The zero-order valence-corrected chi connectivity index (χ0v) is 16.0. The molecule has 6 nitrogen and oxygen atoms in total. The number of rotatable bonds is 7. The molecule has 1 unspecified atom stereocenters. The molecule has 1 atom stereocenters. The van der Waals surface area contributed by atoms with E-state index >= 15 is 0 Å². The van der Waals surface area contributed by atoms with Crippen molar-refractivity contribution < 1.29 is 14.3 Å². The van der Waals surface area contributed by atoms with Crippen LogP contribution in [0.2, 0.25) is 0 Å². The van der Waals surface area contributed by atoms with E-state index in [2.05, 4.69) is 5.32 Å². The average molecular weight is 381 g/mol. The summed E-state index contributed by atoms with van der Waals surface area (Å²) in [7, 11) is 0. The van der Waals surface area contributed by atoms with E-state index < -0.39 is 0 Å². The van der Waals surface area contributed by atoms with Gasteiger partial charge in [0, 0.05) is 37.7 Å². The van der Waals surface area contributed by atoms with Crippen molar-refractivity contribution >= 4 is 11.8 Å². The molecular weight excluding hydrogens is 354 g/mol. The van der Waals surface area contributed by atoms with Gasteiger partial charge < -0.3 is 20.7 Å². The summed E-state index contributed by atoms with van der Waals surface area (Å²) in [6.45, 7) is 1.48. The fourth-order valence-electron chi connectivity index (χ4n) is 3.41. The Bertz CT molecular complexity index is 795. The van der Waals surface area contributed by atoms with Gasteiger partial charge in [-0.05, 0) is 49.6 Å². The molecule has 0 saturated carbocycles. The summed E-state index contributed by atoms with van der Waals surface area (Å²) in [5, 5.41) is 2.90. The van der Waals surface area contributed by atoms with Gasteiger partial charge in [-0.3, -0.25) is 9.59 Å². The number of hydrogen-bond acceptors (Lipinski definition) is 4. The number of nitrogens with one attached hydrogen (secondary N) is 1. The third kappa shape index (κ3) is 5.33. The van der Waals surface area contributed by atoms with Gasteiger partial charge in [-0.15, -0.1) is 0 Å². The van der Waals surface area contributed by atoms with Gasteiger partial charge in [-0.25, -0.2) is 0 Å². The number of carbonyl (C=O) groups excluding carboxylic acids is 2. The molecule has 1 heterocycles. The van der Waals surface area contributed by atoms with Crippen molar-refractivity contribution in [1.82, 2.24) is 10.2 Å². The van der Waals surface area contributed by atoms with Crippen LogP contribution in [0.3, 0.4) is 0 Å². The van der Waals surface area contributed by atoms with Crippen molar-refractivity contribution in [2.45, 2.75) is 31.7 Å². The molecule has 1 aliphatic rings. The minimum Gasteiger partial charge on any atom is -0.457 e. The lowest BCUT2D eigenvalue weighted by Crippen LogP contribution is -2.49. The average Bonchev–Trinajstić information content (AvgIpc) is 2.73. The number of para-hydroxylation sites is 1. The van der Waals surface area contributed by atoms with Crippen LogP contribution in [0, 0.1) is 0 Å². The molecule has 2 amide bonds. The molecule has 1 fully saturated rings. The smallest absolute Gasteiger partial charge is 0.254 e. The Hall–Kier alpha value is -2.86. The Kier molecular flexibility index (Phi) is 7.03. The van der Waals surface area contributed by atoms with Gasteiger partial charge in [0.15, 0.2) is 0 Å². The van der Waals surface area contributed by atoms with E-state index in [1.807, 2.05) is 47.4 Å². The highest BCUT2D eigenvalue weighted by Gasteiger charge is 2.28. The van der Waals surface area contributed by atoms with Gasteiger partial charge in [0.05, 0.1) is 0 Å². The lowest BCUT2D eigenvalue weighted by molar-refractivity contribution is -0.121. The number of nitrogens with two attached hydrogens (primary N) is 1. The van der Waals surface area contributed by atoms with E-state index in [1.54, 1.807) is 12.1 Å². The van der Waals surface area contributed by atoms with E-state index in [0.29, 0.717) is 37.4 Å². The third-order valence-electron chi connectivity index (χ3n) is 4.85. The molecule has 2 aromatic rings. The lowest BCUT2D eigenvalue weighted by atomic mass is 10.0. The molecule has 148 valence electrons. The largest absolute Gasteiger partial charge is 0.457 e. The Morgan fingerprint density at radius 2 is 1.86 bits per heavy atom. The number of likely N-dealkylation sites (tertiary alicyclic amines) is 1. The number of carbonyl (C=O) groups is 2. The molecule has 1 saturated heterocycles.